The van der Waals surface area contributed by atoms with Crippen LogP contribution in [0.3, 0.4) is 0 Å². The number of piperidine rings is 1. The molecule has 1 N–H and O–H groups in total. The number of rotatable bonds is 5. The number of alkyl halides is 3. The zero-order chi connectivity index (χ0) is 28.1. The Hall–Kier alpha value is -2.82. The molecule has 10 heteroatoms. The molecule has 40 heavy (non-hydrogen) atoms. The number of halogens is 3. The van der Waals surface area contributed by atoms with E-state index in [0.29, 0.717) is 40.7 Å². The topological polar surface area (TPSA) is 65.5 Å². The average molecular weight is 569 g/mol. The number of likely N-dealkylation sites (tertiary alicyclic amines) is 2. The third kappa shape index (κ3) is 3.94. The van der Waals surface area contributed by atoms with Gasteiger partial charge in [0.2, 0.25) is 11.8 Å². The molecule has 2 unspecified atom stereocenters. The number of carbonyl (C=O) groups excluding carboxylic acids is 2. The van der Waals surface area contributed by atoms with E-state index in [2.05, 4.69) is 15.2 Å². The molecule has 4 aliphatic rings. The van der Waals surface area contributed by atoms with Crippen molar-refractivity contribution >= 4 is 33.4 Å². The van der Waals surface area contributed by atoms with Gasteiger partial charge in [-0.25, -0.2) is 0 Å². The fourth-order valence-electron chi connectivity index (χ4n) is 7.36. The van der Waals surface area contributed by atoms with Gasteiger partial charge in [-0.2, -0.15) is 13.2 Å². The number of amides is 2. The second-order valence-electron chi connectivity index (χ2n) is 12.4. The third-order valence-corrected chi connectivity index (χ3v) is 10.8. The van der Waals surface area contributed by atoms with Crippen LogP contribution in [0.2, 0.25) is 0 Å². The zero-order valence-electron chi connectivity index (χ0n) is 22.6. The summed E-state index contributed by atoms with van der Waals surface area (Å²) in [6.07, 6.45) is -1.75. The number of thiophene rings is 1. The van der Waals surface area contributed by atoms with E-state index in [-0.39, 0.29) is 35.6 Å². The molecule has 210 valence electrons. The number of nitrogens with one attached hydrogen (secondary N) is 1. The maximum absolute atomic E-state index is 14.0. The van der Waals surface area contributed by atoms with Crippen LogP contribution < -0.4 is 5.32 Å². The molecule has 2 aromatic heterocycles. The molecule has 3 aromatic rings. The molecule has 4 atom stereocenters. The SMILES string of the molecule is Cc1cc(C(F)(F)F)cc(-c2ccnc3cc(CN4C(=O)C5C(C4=O)C5(C)C)sc23)c1CN1CC[C@@H]2CNC[C@@H]21. The van der Waals surface area contributed by atoms with Crippen LogP contribution in [0.25, 0.3) is 21.3 Å². The monoisotopic (exact) mass is 568 g/mol. The second-order valence-corrected chi connectivity index (χ2v) is 13.5. The Morgan fingerprint density at radius 1 is 1.07 bits per heavy atom. The number of pyridine rings is 1. The summed E-state index contributed by atoms with van der Waals surface area (Å²) in [5, 5.41) is 3.45. The van der Waals surface area contributed by atoms with E-state index in [1.54, 1.807) is 19.2 Å². The molecular weight excluding hydrogens is 537 g/mol. The highest BCUT2D eigenvalue weighted by atomic mass is 32.1. The Bertz CT molecular complexity index is 1540. The molecule has 7 rings (SSSR count). The average Bonchev–Trinajstić information content (AvgIpc) is 3.43. The minimum absolute atomic E-state index is 0.133. The van der Waals surface area contributed by atoms with Crippen molar-refractivity contribution in [3.63, 3.8) is 0 Å². The van der Waals surface area contributed by atoms with Gasteiger partial charge in [-0.15, -0.1) is 11.3 Å². The third-order valence-electron chi connectivity index (χ3n) is 9.68. The van der Waals surface area contributed by atoms with Gasteiger partial charge in [-0.1, -0.05) is 13.8 Å². The van der Waals surface area contributed by atoms with E-state index in [4.69, 9.17) is 0 Å². The van der Waals surface area contributed by atoms with Crippen molar-refractivity contribution < 1.29 is 22.8 Å². The molecule has 0 bridgehead atoms. The van der Waals surface area contributed by atoms with Crippen LogP contribution in [0.15, 0.2) is 30.5 Å². The van der Waals surface area contributed by atoms with Crippen LogP contribution in [0.4, 0.5) is 13.2 Å². The fourth-order valence-corrected chi connectivity index (χ4v) is 8.49. The van der Waals surface area contributed by atoms with Crippen LogP contribution in [0, 0.1) is 30.1 Å². The molecule has 0 radical (unpaired) electrons. The number of carbonyl (C=O) groups is 2. The van der Waals surface area contributed by atoms with Gasteiger partial charge in [0.25, 0.3) is 0 Å². The van der Waals surface area contributed by atoms with Gasteiger partial charge >= 0.3 is 6.18 Å². The largest absolute Gasteiger partial charge is 0.416 e. The van der Waals surface area contributed by atoms with E-state index in [1.807, 2.05) is 19.9 Å². The molecule has 0 spiro atoms. The van der Waals surface area contributed by atoms with Crippen LogP contribution in [-0.2, 0) is 28.9 Å². The summed E-state index contributed by atoms with van der Waals surface area (Å²) in [4.78, 5) is 34.9. The molecular formula is C30H31F3N4O2S. The van der Waals surface area contributed by atoms with Crippen molar-refractivity contribution in [1.29, 1.82) is 0 Å². The molecule has 1 aliphatic carbocycles. The molecule has 1 saturated carbocycles. The normalized spacial score (nSPS) is 27.6. The van der Waals surface area contributed by atoms with E-state index in [0.717, 1.165) is 41.2 Å². The van der Waals surface area contributed by atoms with E-state index >= 15 is 0 Å². The van der Waals surface area contributed by atoms with Gasteiger partial charge in [-0.05, 0) is 78.7 Å². The molecule has 6 nitrogen and oxygen atoms in total. The van der Waals surface area contributed by atoms with Crippen LogP contribution in [-0.4, -0.2) is 52.3 Å². The highest BCUT2D eigenvalue weighted by Gasteiger charge is 2.72. The lowest BCUT2D eigenvalue weighted by molar-refractivity contribution is -0.143. The van der Waals surface area contributed by atoms with Gasteiger partial charge < -0.3 is 5.32 Å². The van der Waals surface area contributed by atoms with Crippen molar-refractivity contribution in [2.45, 2.75) is 52.5 Å². The number of hydrogen-bond acceptors (Lipinski definition) is 6. The predicted molar refractivity (Wildman–Crippen MR) is 146 cm³/mol. The van der Waals surface area contributed by atoms with Crippen LogP contribution in [0.5, 0.6) is 0 Å². The molecule has 2 amide bonds. The number of nitrogens with zero attached hydrogens (tertiary/aromatic N) is 3. The number of hydrogen-bond donors (Lipinski definition) is 1. The highest BCUT2D eigenvalue weighted by molar-refractivity contribution is 7.19. The lowest BCUT2D eigenvalue weighted by Gasteiger charge is -2.26. The Morgan fingerprint density at radius 2 is 1.82 bits per heavy atom. The molecule has 3 aliphatic heterocycles. The number of imide groups is 1. The minimum Gasteiger partial charge on any atom is -0.315 e. The lowest BCUT2D eigenvalue weighted by Crippen LogP contribution is -2.35. The van der Waals surface area contributed by atoms with Crippen LogP contribution >= 0.6 is 11.3 Å². The summed E-state index contributed by atoms with van der Waals surface area (Å²) < 4.78 is 42.7. The summed E-state index contributed by atoms with van der Waals surface area (Å²) >= 11 is 1.40. The number of aromatic nitrogens is 1. The highest BCUT2D eigenvalue weighted by Crippen LogP contribution is 2.63. The molecule has 4 fully saturated rings. The summed E-state index contributed by atoms with van der Waals surface area (Å²) in [7, 11) is 0. The first kappa shape index (κ1) is 26.1. The minimum atomic E-state index is -4.47. The zero-order valence-corrected chi connectivity index (χ0v) is 23.5. The summed E-state index contributed by atoms with van der Waals surface area (Å²) in [5.74, 6) is -0.185. The van der Waals surface area contributed by atoms with E-state index in [9.17, 15) is 22.8 Å². The van der Waals surface area contributed by atoms with Gasteiger partial charge in [0, 0.05) is 35.8 Å². The van der Waals surface area contributed by atoms with Gasteiger partial charge in [-0.3, -0.25) is 24.4 Å². The Morgan fingerprint density at radius 3 is 2.55 bits per heavy atom. The van der Waals surface area contributed by atoms with Gasteiger partial charge in [0.1, 0.15) is 0 Å². The number of fused-ring (bicyclic) bond motifs is 3. The van der Waals surface area contributed by atoms with Crippen molar-refractivity contribution in [2.24, 2.45) is 23.2 Å². The van der Waals surface area contributed by atoms with Crippen molar-refractivity contribution in [2.75, 3.05) is 19.6 Å². The Kier molecular flexibility index (Phi) is 5.77. The molecule has 5 heterocycles. The Labute approximate surface area is 234 Å². The lowest BCUT2D eigenvalue weighted by atomic mass is 9.92. The summed E-state index contributed by atoms with van der Waals surface area (Å²) in [6, 6.07) is 6.57. The first-order valence-corrected chi connectivity index (χ1v) is 14.7. The maximum atomic E-state index is 14.0. The van der Waals surface area contributed by atoms with Crippen molar-refractivity contribution in [1.82, 2.24) is 20.1 Å². The Balaban J connectivity index is 1.27. The number of aryl methyl sites for hydroxylation is 1. The fraction of sp³-hybridized carbons (Fsp3) is 0.500. The standard InChI is InChI=1S/C30H31F3N4O2S/c1-15-8-17(30(31,32)33)9-20(21(15)14-36-7-5-16-11-34-12-23(16)36)19-4-6-35-22-10-18(40-26(19)22)13-37-27(38)24-25(28(37)39)29(24,2)3/h4,6,8-10,16,23-25,34H,5,7,11-14H2,1-3H3/t16-,23+,24?,25?/m1/s1. The summed E-state index contributed by atoms with van der Waals surface area (Å²) in [6.45, 7) is 9.24. The molecule has 1 aromatic carbocycles. The first-order chi connectivity index (χ1) is 18.9. The summed E-state index contributed by atoms with van der Waals surface area (Å²) in [5.41, 5.74) is 2.51. The smallest absolute Gasteiger partial charge is 0.315 e. The van der Waals surface area contributed by atoms with Crippen molar-refractivity contribution in [3.05, 3.63) is 52.0 Å². The van der Waals surface area contributed by atoms with E-state index < -0.39 is 11.7 Å². The predicted octanol–water partition coefficient (Wildman–Crippen LogP) is 5.23. The number of benzene rings is 1. The van der Waals surface area contributed by atoms with Gasteiger partial charge in [0.05, 0.1) is 34.2 Å². The van der Waals surface area contributed by atoms with Crippen molar-refractivity contribution in [3.8, 4) is 11.1 Å². The first-order valence-electron chi connectivity index (χ1n) is 13.8. The second kappa shape index (κ2) is 8.84. The van der Waals surface area contributed by atoms with Crippen LogP contribution in [0.1, 0.15) is 41.8 Å². The quantitative estimate of drug-likeness (QED) is 0.428. The van der Waals surface area contributed by atoms with Gasteiger partial charge in [0.15, 0.2) is 0 Å². The maximum Gasteiger partial charge on any atom is 0.416 e. The van der Waals surface area contributed by atoms with E-state index in [1.165, 1.54) is 28.4 Å². The molecule has 3 saturated heterocycles.